The number of nitrogen functional groups attached to an aromatic ring is 1. The van der Waals surface area contributed by atoms with Crippen LogP contribution in [0.15, 0.2) is 30.3 Å². The number of nitrogens with zero attached hydrogens (tertiary/aromatic N) is 2. The lowest BCUT2D eigenvalue weighted by atomic mass is 9.99. The van der Waals surface area contributed by atoms with Gasteiger partial charge in [0.25, 0.3) is 0 Å². The highest BCUT2D eigenvalue weighted by atomic mass is 16.5. The van der Waals surface area contributed by atoms with Crippen LogP contribution >= 0.6 is 0 Å². The Morgan fingerprint density at radius 3 is 2.46 bits per heavy atom. The van der Waals surface area contributed by atoms with Gasteiger partial charge in [-0.15, -0.1) is 0 Å². The van der Waals surface area contributed by atoms with Crippen LogP contribution in [0.1, 0.15) is 47.2 Å². The molecule has 0 atom stereocenters. The lowest BCUT2D eigenvalue weighted by molar-refractivity contribution is 0.195. The van der Waals surface area contributed by atoms with E-state index in [2.05, 4.69) is 40.2 Å². The molecule has 0 radical (unpaired) electrons. The van der Waals surface area contributed by atoms with E-state index < -0.39 is 0 Å². The van der Waals surface area contributed by atoms with Gasteiger partial charge in [0, 0.05) is 26.0 Å². The third kappa shape index (κ3) is 5.05. The Labute approximate surface area is 157 Å². The van der Waals surface area contributed by atoms with Gasteiger partial charge in [0.1, 0.15) is 5.82 Å². The average molecular weight is 354 g/mol. The largest absolute Gasteiger partial charge is 0.385 e. The Morgan fingerprint density at radius 2 is 1.77 bits per heavy atom. The first-order valence-electron chi connectivity index (χ1n) is 9.69. The molecule has 0 amide bonds. The number of nitrogens with two attached hydrogens (primary N) is 1. The quantitative estimate of drug-likeness (QED) is 0.735. The summed E-state index contributed by atoms with van der Waals surface area (Å²) in [5, 5.41) is 0. The fourth-order valence-corrected chi connectivity index (χ4v) is 3.68. The summed E-state index contributed by atoms with van der Waals surface area (Å²) in [5.74, 6) is 0.656. The van der Waals surface area contributed by atoms with Crippen molar-refractivity contribution in [1.82, 2.24) is 9.88 Å². The first-order valence-corrected chi connectivity index (χ1v) is 9.69. The normalized spacial score (nSPS) is 14.8. The molecule has 26 heavy (non-hydrogen) atoms. The topological polar surface area (TPSA) is 51.4 Å². The zero-order chi connectivity index (χ0) is 18.4. The summed E-state index contributed by atoms with van der Waals surface area (Å²) in [4.78, 5) is 7.10. The van der Waals surface area contributed by atoms with Gasteiger partial charge in [-0.05, 0) is 74.4 Å². The molecule has 1 aliphatic rings. The van der Waals surface area contributed by atoms with Gasteiger partial charge in [0.05, 0.1) is 0 Å². The van der Waals surface area contributed by atoms with E-state index in [1.807, 2.05) is 6.92 Å². The van der Waals surface area contributed by atoms with E-state index in [1.54, 1.807) is 7.11 Å². The molecule has 4 nitrogen and oxygen atoms in total. The van der Waals surface area contributed by atoms with Gasteiger partial charge < -0.3 is 10.5 Å². The second-order valence-corrected chi connectivity index (χ2v) is 7.35. The van der Waals surface area contributed by atoms with Crippen LogP contribution in [0.25, 0.3) is 0 Å². The highest BCUT2D eigenvalue weighted by Crippen LogP contribution is 2.20. The highest BCUT2D eigenvalue weighted by Gasteiger charge is 2.12. The molecule has 1 fully saturated rings. The molecule has 1 aliphatic heterocycles. The molecular weight excluding hydrogens is 322 g/mol. The monoisotopic (exact) mass is 353 g/mol. The van der Waals surface area contributed by atoms with E-state index in [-0.39, 0.29) is 0 Å². The van der Waals surface area contributed by atoms with Crippen molar-refractivity contribution in [2.75, 3.05) is 32.5 Å². The number of rotatable bonds is 8. The Kier molecular flexibility index (Phi) is 6.64. The fourth-order valence-electron chi connectivity index (χ4n) is 3.68. The lowest BCUT2D eigenvalue weighted by Crippen LogP contribution is -2.18. The number of aromatic nitrogens is 1. The summed E-state index contributed by atoms with van der Waals surface area (Å²) in [7, 11) is 1.73. The Balaban J connectivity index is 1.66. The van der Waals surface area contributed by atoms with Crippen LogP contribution in [0.3, 0.4) is 0 Å². The minimum absolute atomic E-state index is 0.656. The third-order valence-electron chi connectivity index (χ3n) is 5.25. The van der Waals surface area contributed by atoms with Gasteiger partial charge >= 0.3 is 0 Å². The minimum atomic E-state index is 0.656. The molecule has 3 rings (SSSR count). The van der Waals surface area contributed by atoms with E-state index in [0.717, 1.165) is 43.7 Å². The molecule has 0 saturated carbocycles. The number of pyridine rings is 1. The van der Waals surface area contributed by atoms with Crippen LogP contribution in [0, 0.1) is 6.92 Å². The highest BCUT2D eigenvalue weighted by molar-refractivity contribution is 5.45. The van der Waals surface area contributed by atoms with Crippen molar-refractivity contribution < 1.29 is 4.74 Å². The molecule has 0 aliphatic carbocycles. The van der Waals surface area contributed by atoms with Gasteiger partial charge in [0.15, 0.2) is 0 Å². The molecule has 4 heteroatoms. The van der Waals surface area contributed by atoms with Crippen molar-refractivity contribution in [3.63, 3.8) is 0 Å². The summed E-state index contributed by atoms with van der Waals surface area (Å²) < 4.78 is 5.15. The van der Waals surface area contributed by atoms with Crippen molar-refractivity contribution in [2.24, 2.45) is 0 Å². The summed E-state index contributed by atoms with van der Waals surface area (Å²) >= 11 is 0. The van der Waals surface area contributed by atoms with E-state index in [1.165, 1.54) is 42.6 Å². The van der Waals surface area contributed by atoms with Crippen LogP contribution in [-0.4, -0.2) is 36.7 Å². The molecule has 2 N–H and O–H groups in total. The molecule has 1 aromatic carbocycles. The zero-order valence-corrected chi connectivity index (χ0v) is 16.1. The molecular formula is C22H31N3O. The second-order valence-electron chi connectivity index (χ2n) is 7.35. The van der Waals surface area contributed by atoms with Crippen molar-refractivity contribution in [3.8, 4) is 0 Å². The summed E-state index contributed by atoms with van der Waals surface area (Å²) in [6, 6.07) is 11.3. The maximum atomic E-state index is 6.11. The molecule has 2 aromatic rings. The summed E-state index contributed by atoms with van der Waals surface area (Å²) in [5.41, 5.74) is 12.3. The van der Waals surface area contributed by atoms with Crippen molar-refractivity contribution in [1.29, 1.82) is 0 Å². The van der Waals surface area contributed by atoms with Gasteiger partial charge in [-0.3, -0.25) is 4.90 Å². The molecule has 1 saturated heterocycles. The van der Waals surface area contributed by atoms with Gasteiger partial charge in [-0.2, -0.15) is 0 Å². The van der Waals surface area contributed by atoms with Gasteiger partial charge in [0.2, 0.25) is 0 Å². The molecule has 0 unspecified atom stereocenters. The number of likely N-dealkylation sites (tertiary alicyclic amines) is 1. The first kappa shape index (κ1) is 18.9. The SMILES string of the molecule is COCCCc1cc(Cc2ccc(CN3CCCC3)cc2)c(C)nc1N. The number of hydrogen-bond donors (Lipinski definition) is 1. The van der Waals surface area contributed by atoms with Crippen LogP contribution in [0.4, 0.5) is 5.82 Å². The zero-order valence-electron chi connectivity index (χ0n) is 16.1. The van der Waals surface area contributed by atoms with Crippen LogP contribution < -0.4 is 5.73 Å². The lowest BCUT2D eigenvalue weighted by Gasteiger charge is -2.15. The first-order chi connectivity index (χ1) is 12.7. The van der Waals surface area contributed by atoms with Crippen LogP contribution in [0.5, 0.6) is 0 Å². The fraction of sp³-hybridized carbons (Fsp3) is 0.500. The van der Waals surface area contributed by atoms with Crippen LogP contribution in [0.2, 0.25) is 0 Å². The molecule has 140 valence electrons. The number of ether oxygens (including phenoxy) is 1. The Hall–Kier alpha value is -1.91. The number of anilines is 1. The maximum Gasteiger partial charge on any atom is 0.126 e. The number of hydrogen-bond acceptors (Lipinski definition) is 4. The second kappa shape index (κ2) is 9.15. The molecule has 0 spiro atoms. The number of methoxy groups -OCH3 is 1. The number of aryl methyl sites for hydroxylation is 2. The smallest absolute Gasteiger partial charge is 0.126 e. The standard InChI is InChI=1S/C22H31N3O/c1-17-21(15-20(22(23)24-17)6-5-13-26-2)14-18-7-9-19(10-8-18)16-25-11-3-4-12-25/h7-10,15H,3-6,11-14,16H2,1-2H3,(H2,23,24). The van der Waals surface area contributed by atoms with E-state index >= 15 is 0 Å². The summed E-state index contributed by atoms with van der Waals surface area (Å²) in [6.45, 7) is 6.35. The van der Waals surface area contributed by atoms with Crippen LogP contribution in [-0.2, 0) is 24.1 Å². The predicted molar refractivity (Wildman–Crippen MR) is 107 cm³/mol. The van der Waals surface area contributed by atoms with E-state index in [4.69, 9.17) is 10.5 Å². The van der Waals surface area contributed by atoms with E-state index in [0.29, 0.717) is 5.82 Å². The van der Waals surface area contributed by atoms with Crippen molar-refractivity contribution in [2.45, 2.75) is 45.6 Å². The maximum absolute atomic E-state index is 6.11. The number of benzene rings is 1. The molecule has 2 heterocycles. The third-order valence-corrected chi connectivity index (χ3v) is 5.25. The van der Waals surface area contributed by atoms with Gasteiger partial charge in [-0.1, -0.05) is 30.3 Å². The molecule has 0 bridgehead atoms. The van der Waals surface area contributed by atoms with Crippen molar-refractivity contribution in [3.05, 3.63) is 58.3 Å². The Morgan fingerprint density at radius 1 is 1.08 bits per heavy atom. The predicted octanol–water partition coefficient (Wildman–Crippen LogP) is 3.74. The Bertz CT molecular complexity index is 706. The van der Waals surface area contributed by atoms with Gasteiger partial charge in [-0.25, -0.2) is 4.98 Å². The van der Waals surface area contributed by atoms with Crippen molar-refractivity contribution >= 4 is 5.82 Å². The molecule has 1 aromatic heterocycles. The summed E-state index contributed by atoms with van der Waals surface area (Å²) in [6.07, 6.45) is 5.47. The minimum Gasteiger partial charge on any atom is -0.385 e. The van der Waals surface area contributed by atoms with E-state index in [9.17, 15) is 0 Å². The average Bonchev–Trinajstić information content (AvgIpc) is 3.13.